The van der Waals surface area contributed by atoms with E-state index < -0.39 is 0 Å². The monoisotopic (exact) mass is 304 g/mol. The number of nitrogens with one attached hydrogen (secondary N) is 2. The minimum absolute atomic E-state index is 0.00655. The van der Waals surface area contributed by atoms with Crippen LogP contribution in [-0.2, 0) is 0 Å². The Bertz CT molecular complexity index is 655. The standard InChI is InChI=1S/C15H17ClN4O/c1-10-9-20(6-5-17-10)15(21)13-8-18-19-14(13)11-3-2-4-12(16)7-11/h2-4,7-8,10,17H,5-6,9H2,1H3,(H,18,19)/t10-/m0/s1. The minimum Gasteiger partial charge on any atom is -0.336 e. The molecule has 1 amide bonds. The quantitative estimate of drug-likeness (QED) is 0.894. The smallest absolute Gasteiger partial charge is 0.257 e. The van der Waals surface area contributed by atoms with Crippen LogP contribution in [0.4, 0.5) is 0 Å². The van der Waals surface area contributed by atoms with Gasteiger partial charge in [-0.25, -0.2) is 0 Å². The van der Waals surface area contributed by atoms with Crippen molar-refractivity contribution in [1.29, 1.82) is 0 Å². The van der Waals surface area contributed by atoms with Crippen LogP contribution in [0.3, 0.4) is 0 Å². The number of halogens is 1. The van der Waals surface area contributed by atoms with Crippen molar-refractivity contribution in [2.45, 2.75) is 13.0 Å². The van der Waals surface area contributed by atoms with Gasteiger partial charge in [0.15, 0.2) is 0 Å². The van der Waals surface area contributed by atoms with E-state index in [-0.39, 0.29) is 5.91 Å². The Morgan fingerprint density at radius 2 is 2.33 bits per heavy atom. The summed E-state index contributed by atoms with van der Waals surface area (Å²) in [6, 6.07) is 7.72. The van der Waals surface area contributed by atoms with Crippen LogP contribution in [0.2, 0.25) is 5.02 Å². The molecule has 1 fully saturated rings. The Balaban J connectivity index is 1.90. The van der Waals surface area contributed by atoms with Gasteiger partial charge in [0.25, 0.3) is 5.91 Å². The van der Waals surface area contributed by atoms with Crippen LogP contribution >= 0.6 is 11.6 Å². The van der Waals surface area contributed by atoms with Crippen LogP contribution < -0.4 is 5.32 Å². The molecule has 2 aromatic rings. The van der Waals surface area contributed by atoms with Crippen LogP contribution in [0.1, 0.15) is 17.3 Å². The van der Waals surface area contributed by atoms with Crippen molar-refractivity contribution in [3.05, 3.63) is 41.0 Å². The summed E-state index contributed by atoms with van der Waals surface area (Å²) in [5, 5.41) is 10.9. The molecule has 1 aromatic carbocycles. The SMILES string of the molecule is C[C@H]1CN(C(=O)c2cn[nH]c2-c2cccc(Cl)c2)CCN1. The summed E-state index contributed by atoms with van der Waals surface area (Å²) in [7, 11) is 0. The summed E-state index contributed by atoms with van der Waals surface area (Å²) in [5.41, 5.74) is 2.17. The number of rotatable bonds is 2. The summed E-state index contributed by atoms with van der Waals surface area (Å²) >= 11 is 6.02. The van der Waals surface area contributed by atoms with E-state index in [1.54, 1.807) is 12.3 Å². The maximum Gasteiger partial charge on any atom is 0.257 e. The van der Waals surface area contributed by atoms with E-state index in [1.165, 1.54) is 0 Å². The fourth-order valence-electron chi connectivity index (χ4n) is 2.60. The third-order valence-corrected chi connectivity index (χ3v) is 3.87. The average molecular weight is 305 g/mol. The largest absolute Gasteiger partial charge is 0.336 e. The maximum absolute atomic E-state index is 12.7. The molecule has 1 atom stereocenters. The fourth-order valence-corrected chi connectivity index (χ4v) is 2.79. The third kappa shape index (κ3) is 2.94. The number of carbonyl (C=O) groups excluding carboxylic acids is 1. The number of H-pyrrole nitrogens is 1. The van der Waals surface area contributed by atoms with E-state index in [0.29, 0.717) is 35.4 Å². The second-order valence-corrected chi connectivity index (χ2v) is 5.71. The van der Waals surface area contributed by atoms with Gasteiger partial charge in [0.1, 0.15) is 0 Å². The second kappa shape index (κ2) is 5.87. The van der Waals surface area contributed by atoms with E-state index in [9.17, 15) is 4.79 Å². The van der Waals surface area contributed by atoms with Crippen LogP contribution in [0.15, 0.2) is 30.5 Å². The van der Waals surface area contributed by atoms with Crippen molar-refractivity contribution in [3.63, 3.8) is 0 Å². The molecule has 3 rings (SSSR count). The fraction of sp³-hybridized carbons (Fsp3) is 0.333. The third-order valence-electron chi connectivity index (χ3n) is 3.64. The first-order valence-corrected chi connectivity index (χ1v) is 7.35. The van der Waals surface area contributed by atoms with E-state index in [2.05, 4.69) is 22.4 Å². The van der Waals surface area contributed by atoms with Gasteiger partial charge in [-0.1, -0.05) is 23.7 Å². The number of hydrogen-bond donors (Lipinski definition) is 2. The van der Waals surface area contributed by atoms with Crippen LogP contribution in [0.5, 0.6) is 0 Å². The summed E-state index contributed by atoms with van der Waals surface area (Å²) in [4.78, 5) is 14.6. The van der Waals surface area contributed by atoms with Gasteiger partial charge < -0.3 is 10.2 Å². The average Bonchev–Trinajstić information content (AvgIpc) is 2.96. The topological polar surface area (TPSA) is 61.0 Å². The lowest BCUT2D eigenvalue weighted by Gasteiger charge is -2.31. The molecular formula is C15H17ClN4O. The number of carbonyl (C=O) groups is 1. The normalized spacial score (nSPS) is 18.8. The van der Waals surface area contributed by atoms with Crippen molar-refractivity contribution >= 4 is 17.5 Å². The summed E-state index contributed by atoms with van der Waals surface area (Å²) < 4.78 is 0. The number of amides is 1. The molecule has 1 aliphatic heterocycles. The van der Waals surface area contributed by atoms with Crippen LogP contribution in [0, 0.1) is 0 Å². The first kappa shape index (κ1) is 14.1. The van der Waals surface area contributed by atoms with Gasteiger partial charge in [0.2, 0.25) is 0 Å². The molecule has 0 radical (unpaired) electrons. The summed E-state index contributed by atoms with van der Waals surface area (Å²) in [6.45, 7) is 4.31. The molecule has 2 N–H and O–H groups in total. The number of benzene rings is 1. The maximum atomic E-state index is 12.7. The van der Waals surface area contributed by atoms with Crippen molar-refractivity contribution in [3.8, 4) is 11.3 Å². The molecule has 0 bridgehead atoms. The van der Waals surface area contributed by atoms with Crippen LogP contribution in [0.25, 0.3) is 11.3 Å². The highest BCUT2D eigenvalue weighted by Crippen LogP contribution is 2.25. The highest BCUT2D eigenvalue weighted by atomic mass is 35.5. The molecule has 0 saturated carbocycles. The number of nitrogens with zero attached hydrogens (tertiary/aromatic N) is 2. The van der Waals surface area contributed by atoms with Crippen molar-refractivity contribution in [2.24, 2.45) is 0 Å². The van der Waals surface area contributed by atoms with Gasteiger partial charge in [-0.15, -0.1) is 0 Å². The molecule has 2 heterocycles. The van der Waals surface area contributed by atoms with Gasteiger partial charge >= 0.3 is 0 Å². The molecule has 0 aliphatic carbocycles. The highest BCUT2D eigenvalue weighted by Gasteiger charge is 2.25. The number of hydrogen-bond acceptors (Lipinski definition) is 3. The molecule has 1 aliphatic rings. The van der Waals surface area contributed by atoms with Crippen molar-refractivity contribution in [1.82, 2.24) is 20.4 Å². The minimum atomic E-state index is 0.00655. The van der Waals surface area contributed by atoms with Gasteiger partial charge in [-0.2, -0.15) is 5.10 Å². The molecule has 5 nitrogen and oxygen atoms in total. The Hall–Kier alpha value is -1.85. The van der Waals surface area contributed by atoms with Gasteiger partial charge in [0, 0.05) is 36.3 Å². The van der Waals surface area contributed by atoms with Gasteiger partial charge in [0.05, 0.1) is 17.5 Å². The highest BCUT2D eigenvalue weighted by molar-refractivity contribution is 6.30. The van der Waals surface area contributed by atoms with Crippen molar-refractivity contribution in [2.75, 3.05) is 19.6 Å². The summed E-state index contributed by atoms with van der Waals surface area (Å²) in [5.74, 6) is 0.00655. The van der Waals surface area contributed by atoms with E-state index in [4.69, 9.17) is 11.6 Å². The number of aromatic amines is 1. The molecular weight excluding hydrogens is 288 g/mol. The molecule has 6 heteroatoms. The zero-order chi connectivity index (χ0) is 14.8. The molecule has 110 valence electrons. The van der Waals surface area contributed by atoms with E-state index >= 15 is 0 Å². The van der Waals surface area contributed by atoms with Crippen LogP contribution in [-0.4, -0.2) is 46.7 Å². The number of aromatic nitrogens is 2. The molecule has 21 heavy (non-hydrogen) atoms. The van der Waals surface area contributed by atoms with E-state index in [1.807, 2.05) is 23.1 Å². The number of piperazine rings is 1. The lowest BCUT2D eigenvalue weighted by Crippen LogP contribution is -2.51. The first-order valence-electron chi connectivity index (χ1n) is 6.97. The van der Waals surface area contributed by atoms with Gasteiger partial charge in [-0.05, 0) is 19.1 Å². The molecule has 1 saturated heterocycles. The molecule has 0 spiro atoms. The lowest BCUT2D eigenvalue weighted by molar-refractivity contribution is 0.0710. The Labute approximate surface area is 128 Å². The summed E-state index contributed by atoms with van der Waals surface area (Å²) in [6.07, 6.45) is 1.59. The lowest BCUT2D eigenvalue weighted by atomic mass is 10.1. The zero-order valence-electron chi connectivity index (χ0n) is 11.8. The Morgan fingerprint density at radius 1 is 1.48 bits per heavy atom. The first-order chi connectivity index (χ1) is 10.1. The van der Waals surface area contributed by atoms with Crippen molar-refractivity contribution < 1.29 is 4.79 Å². The molecule has 0 unspecified atom stereocenters. The Morgan fingerprint density at radius 3 is 3.10 bits per heavy atom. The second-order valence-electron chi connectivity index (χ2n) is 5.28. The predicted molar refractivity (Wildman–Crippen MR) is 82.4 cm³/mol. The van der Waals surface area contributed by atoms with Gasteiger partial charge in [-0.3, -0.25) is 9.89 Å². The predicted octanol–water partition coefficient (Wildman–Crippen LogP) is 2.16. The zero-order valence-corrected chi connectivity index (χ0v) is 12.5. The van der Waals surface area contributed by atoms with E-state index in [0.717, 1.165) is 12.1 Å². The Kier molecular flexibility index (Phi) is 3.94. The molecule has 1 aromatic heterocycles.